The molecule has 0 spiro atoms. The monoisotopic (exact) mass is 256 g/mol. The molecule has 0 aliphatic heterocycles. The molecule has 1 fully saturated rings. The van der Waals surface area contributed by atoms with Crippen LogP contribution in [0.3, 0.4) is 0 Å². The van der Waals surface area contributed by atoms with Gasteiger partial charge in [0.05, 0.1) is 0 Å². The number of rotatable bonds is 4. The Balaban J connectivity index is 1.76. The van der Waals surface area contributed by atoms with E-state index in [9.17, 15) is 4.79 Å². The number of carbonyl (C=O) groups is 1. The number of ether oxygens (including phenoxy) is 1. The highest BCUT2D eigenvalue weighted by Gasteiger charge is 2.23. The summed E-state index contributed by atoms with van der Waals surface area (Å²) in [5.41, 5.74) is 1.74. The number of amides is 1. The molecular formula is C15H16N2O2. The number of carbonyl (C=O) groups excluding carboxylic acids is 1. The van der Waals surface area contributed by atoms with Gasteiger partial charge in [-0.2, -0.15) is 0 Å². The van der Waals surface area contributed by atoms with Gasteiger partial charge in [0.15, 0.2) is 6.61 Å². The molecule has 98 valence electrons. The molecule has 1 aliphatic rings. The Morgan fingerprint density at radius 3 is 3.00 bits per heavy atom. The molecule has 3 rings (SSSR count). The molecule has 2 aromatic rings. The number of aromatic nitrogens is 1. The quantitative estimate of drug-likeness (QED) is 0.912. The molecule has 0 bridgehead atoms. The van der Waals surface area contributed by atoms with Crippen molar-refractivity contribution in [1.82, 2.24) is 10.3 Å². The fourth-order valence-corrected chi connectivity index (χ4v) is 1.97. The number of para-hydroxylation sites is 1. The third kappa shape index (κ3) is 2.84. The van der Waals surface area contributed by atoms with Crippen molar-refractivity contribution in [2.45, 2.75) is 25.8 Å². The highest BCUT2D eigenvalue weighted by atomic mass is 16.5. The minimum atomic E-state index is -0.0628. The molecule has 0 atom stereocenters. The summed E-state index contributed by atoms with van der Waals surface area (Å²) in [7, 11) is 0. The minimum absolute atomic E-state index is 0.0469. The second kappa shape index (κ2) is 4.88. The lowest BCUT2D eigenvalue weighted by atomic mass is 10.2. The first-order valence-electron chi connectivity index (χ1n) is 6.51. The smallest absolute Gasteiger partial charge is 0.258 e. The zero-order valence-electron chi connectivity index (χ0n) is 10.8. The van der Waals surface area contributed by atoms with Crippen LogP contribution in [0.5, 0.6) is 5.75 Å². The van der Waals surface area contributed by atoms with E-state index < -0.39 is 0 Å². The van der Waals surface area contributed by atoms with E-state index in [4.69, 9.17) is 4.74 Å². The SMILES string of the molecule is Cc1ccc2cccc(OCC(=O)NC3CC3)c2n1. The van der Waals surface area contributed by atoms with Gasteiger partial charge in [0.2, 0.25) is 0 Å². The van der Waals surface area contributed by atoms with Crippen molar-refractivity contribution in [1.29, 1.82) is 0 Å². The summed E-state index contributed by atoms with van der Waals surface area (Å²) < 4.78 is 5.59. The van der Waals surface area contributed by atoms with Gasteiger partial charge in [-0.1, -0.05) is 18.2 Å². The Labute approximate surface area is 111 Å². The molecule has 1 heterocycles. The average molecular weight is 256 g/mol. The zero-order chi connectivity index (χ0) is 13.2. The van der Waals surface area contributed by atoms with Crippen LogP contribution < -0.4 is 10.1 Å². The summed E-state index contributed by atoms with van der Waals surface area (Å²) >= 11 is 0. The van der Waals surface area contributed by atoms with Crippen molar-refractivity contribution < 1.29 is 9.53 Å². The van der Waals surface area contributed by atoms with E-state index in [0.717, 1.165) is 29.4 Å². The second-order valence-corrected chi connectivity index (χ2v) is 4.91. The van der Waals surface area contributed by atoms with Gasteiger partial charge in [-0.25, -0.2) is 4.98 Å². The number of hydrogen-bond acceptors (Lipinski definition) is 3. The molecule has 1 aromatic heterocycles. The fourth-order valence-electron chi connectivity index (χ4n) is 1.97. The van der Waals surface area contributed by atoms with Crippen molar-refractivity contribution in [2.75, 3.05) is 6.61 Å². The summed E-state index contributed by atoms with van der Waals surface area (Å²) in [5.74, 6) is 0.597. The predicted molar refractivity (Wildman–Crippen MR) is 73.1 cm³/mol. The van der Waals surface area contributed by atoms with E-state index in [1.165, 1.54) is 0 Å². The van der Waals surface area contributed by atoms with Crippen LogP contribution in [0.2, 0.25) is 0 Å². The van der Waals surface area contributed by atoms with Crippen LogP contribution >= 0.6 is 0 Å². The van der Waals surface area contributed by atoms with E-state index in [-0.39, 0.29) is 12.5 Å². The second-order valence-electron chi connectivity index (χ2n) is 4.91. The number of fused-ring (bicyclic) bond motifs is 1. The van der Waals surface area contributed by atoms with Gasteiger partial charge in [-0.3, -0.25) is 4.79 Å². The third-order valence-electron chi connectivity index (χ3n) is 3.12. The third-order valence-corrected chi connectivity index (χ3v) is 3.12. The van der Waals surface area contributed by atoms with E-state index >= 15 is 0 Å². The normalized spacial score (nSPS) is 14.4. The summed E-state index contributed by atoms with van der Waals surface area (Å²) in [6.07, 6.45) is 2.17. The van der Waals surface area contributed by atoms with Crippen LogP contribution in [0.15, 0.2) is 30.3 Å². The van der Waals surface area contributed by atoms with Crippen LogP contribution in [-0.2, 0) is 4.79 Å². The number of nitrogens with one attached hydrogen (secondary N) is 1. The largest absolute Gasteiger partial charge is 0.481 e. The molecule has 4 nitrogen and oxygen atoms in total. The Hall–Kier alpha value is -2.10. The van der Waals surface area contributed by atoms with Gasteiger partial charge in [0, 0.05) is 17.1 Å². The number of aryl methyl sites for hydroxylation is 1. The molecule has 0 radical (unpaired) electrons. The van der Waals surface area contributed by atoms with Gasteiger partial charge < -0.3 is 10.1 Å². The molecule has 4 heteroatoms. The molecular weight excluding hydrogens is 240 g/mol. The summed E-state index contributed by atoms with van der Waals surface area (Å²) in [6.45, 7) is 1.99. The Kier molecular flexibility index (Phi) is 3.07. The summed E-state index contributed by atoms with van der Waals surface area (Å²) in [5, 5.41) is 3.92. The first-order chi connectivity index (χ1) is 9.22. The Bertz CT molecular complexity index is 621. The molecule has 0 saturated heterocycles. The van der Waals surface area contributed by atoms with Crippen molar-refractivity contribution >= 4 is 16.8 Å². The molecule has 1 aromatic carbocycles. The lowest BCUT2D eigenvalue weighted by Crippen LogP contribution is -2.30. The molecule has 1 saturated carbocycles. The van der Waals surface area contributed by atoms with Crippen LogP contribution in [-0.4, -0.2) is 23.5 Å². The number of pyridine rings is 1. The number of hydrogen-bond donors (Lipinski definition) is 1. The standard InChI is InChI=1S/C15H16N2O2/c1-10-5-6-11-3-2-4-13(15(11)16-10)19-9-14(18)17-12-7-8-12/h2-6,12H,7-9H2,1H3,(H,17,18). The zero-order valence-corrected chi connectivity index (χ0v) is 10.8. The topological polar surface area (TPSA) is 51.2 Å². The summed E-state index contributed by atoms with van der Waals surface area (Å²) in [4.78, 5) is 16.1. The highest BCUT2D eigenvalue weighted by Crippen LogP contribution is 2.24. The Morgan fingerprint density at radius 1 is 1.37 bits per heavy atom. The average Bonchev–Trinajstić information content (AvgIpc) is 3.20. The van der Waals surface area contributed by atoms with Crippen molar-refractivity contribution in [2.24, 2.45) is 0 Å². The fraction of sp³-hybridized carbons (Fsp3) is 0.333. The van der Waals surface area contributed by atoms with Gasteiger partial charge in [0.1, 0.15) is 11.3 Å². The van der Waals surface area contributed by atoms with E-state index in [1.54, 1.807) is 0 Å². The molecule has 1 aliphatic carbocycles. The lowest BCUT2D eigenvalue weighted by Gasteiger charge is -2.09. The maximum Gasteiger partial charge on any atom is 0.258 e. The maximum absolute atomic E-state index is 11.6. The lowest BCUT2D eigenvalue weighted by molar-refractivity contribution is -0.123. The first kappa shape index (κ1) is 12.0. The number of benzene rings is 1. The number of nitrogens with zero attached hydrogens (tertiary/aromatic N) is 1. The maximum atomic E-state index is 11.6. The van der Waals surface area contributed by atoms with Gasteiger partial charge >= 0.3 is 0 Å². The van der Waals surface area contributed by atoms with Crippen molar-refractivity contribution in [3.63, 3.8) is 0 Å². The molecule has 0 unspecified atom stereocenters. The Morgan fingerprint density at radius 2 is 2.21 bits per heavy atom. The van der Waals surface area contributed by atoms with Crippen molar-refractivity contribution in [3.8, 4) is 5.75 Å². The molecule has 19 heavy (non-hydrogen) atoms. The van der Waals surface area contributed by atoms with E-state index in [1.807, 2.05) is 37.3 Å². The van der Waals surface area contributed by atoms with Gasteiger partial charge in [0.25, 0.3) is 5.91 Å². The van der Waals surface area contributed by atoms with Gasteiger partial charge in [-0.05, 0) is 31.9 Å². The van der Waals surface area contributed by atoms with Crippen molar-refractivity contribution in [3.05, 3.63) is 36.0 Å². The van der Waals surface area contributed by atoms with Crippen LogP contribution in [0, 0.1) is 6.92 Å². The minimum Gasteiger partial charge on any atom is -0.481 e. The van der Waals surface area contributed by atoms with Crippen LogP contribution in [0.1, 0.15) is 18.5 Å². The van der Waals surface area contributed by atoms with E-state index in [2.05, 4.69) is 10.3 Å². The van der Waals surface area contributed by atoms with Crippen LogP contribution in [0.25, 0.3) is 10.9 Å². The first-order valence-corrected chi connectivity index (χ1v) is 6.51. The predicted octanol–water partition coefficient (Wildman–Crippen LogP) is 2.20. The molecule has 1 N–H and O–H groups in total. The van der Waals surface area contributed by atoms with Crippen LogP contribution in [0.4, 0.5) is 0 Å². The summed E-state index contributed by atoms with van der Waals surface area (Å²) in [6, 6.07) is 10.1. The highest BCUT2D eigenvalue weighted by molar-refractivity contribution is 5.85. The van der Waals surface area contributed by atoms with E-state index in [0.29, 0.717) is 11.8 Å². The molecule has 1 amide bonds. The van der Waals surface area contributed by atoms with Gasteiger partial charge in [-0.15, -0.1) is 0 Å².